The fourth-order valence-electron chi connectivity index (χ4n) is 1.25. The number of hydrogen-bond acceptors (Lipinski definition) is 3. The van der Waals surface area contributed by atoms with Gasteiger partial charge in [0.15, 0.2) is 0 Å². The number of para-hydroxylation sites is 1. The Morgan fingerprint density at radius 1 is 1.64 bits per heavy atom. The summed E-state index contributed by atoms with van der Waals surface area (Å²) in [6.45, 7) is 0. The van der Waals surface area contributed by atoms with Gasteiger partial charge in [-0.25, -0.2) is 0 Å². The van der Waals surface area contributed by atoms with Gasteiger partial charge in [0.25, 0.3) is 0 Å². The quantitative estimate of drug-likeness (QED) is 0.560. The molecule has 0 fully saturated rings. The summed E-state index contributed by atoms with van der Waals surface area (Å²) in [7, 11) is 1.53. The van der Waals surface area contributed by atoms with E-state index in [9.17, 15) is 5.11 Å². The van der Waals surface area contributed by atoms with Crippen LogP contribution in [-0.2, 0) is 0 Å². The number of methoxy groups -OCH3 is 1. The molecule has 3 nitrogen and oxygen atoms in total. The van der Waals surface area contributed by atoms with E-state index in [1.165, 1.54) is 7.11 Å². The number of terminal acetylenes is 1. The first-order valence-corrected chi connectivity index (χ1v) is 4.24. The number of hydrogen-bond donors (Lipinski definition) is 2. The minimum Gasteiger partial charge on any atom is -0.495 e. The lowest BCUT2D eigenvalue weighted by molar-refractivity contribution is 0.184. The van der Waals surface area contributed by atoms with Gasteiger partial charge in [0.1, 0.15) is 5.75 Å². The molecule has 0 radical (unpaired) electrons. The van der Waals surface area contributed by atoms with E-state index in [-0.39, 0.29) is 6.42 Å². The van der Waals surface area contributed by atoms with E-state index < -0.39 is 6.10 Å². The Hall–Kier alpha value is -1.66. The number of rotatable bonds is 3. The van der Waals surface area contributed by atoms with E-state index in [1.807, 2.05) is 0 Å². The minimum atomic E-state index is -0.727. The molecule has 1 rings (SSSR count). The Bertz CT molecular complexity index is 355. The summed E-state index contributed by atoms with van der Waals surface area (Å²) in [5.41, 5.74) is 6.83. The molecular weight excluding hydrogens is 178 g/mol. The fraction of sp³-hybridized carbons (Fsp3) is 0.273. The fourth-order valence-corrected chi connectivity index (χ4v) is 1.25. The van der Waals surface area contributed by atoms with Crippen molar-refractivity contribution in [3.63, 3.8) is 0 Å². The number of aliphatic hydroxyl groups excluding tert-OH is 1. The van der Waals surface area contributed by atoms with Crippen LogP contribution in [0.15, 0.2) is 18.2 Å². The summed E-state index contributed by atoms with van der Waals surface area (Å²) in [6, 6.07) is 5.24. The highest BCUT2D eigenvalue weighted by Gasteiger charge is 2.12. The molecule has 0 bridgehead atoms. The van der Waals surface area contributed by atoms with Crippen LogP contribution in [-0.4, -0.2) is 12.2 Å². The van der Waals surface area contributed by atoms with Gasteiger partial charge in [-0.3, -0.25) is 0 Å². The van der Waals surface area contributed by atoms with Gasteiger partial charge in [-0.1, -0.05) is 12.1 Å². The van der Waals surface area contributed by atoms with Gasteiger partial charge in [-0.15, -0.1) is 12.3 Å². The summed E-state index contributed by atoms with van der Waals surface area (Å²) in [6.07, 6.45) is 4.63. The molecule has 0 aliphatic rings. The van der Waals surface area contributed by atoms with Gasteiger partial charge in [0.05, 0.1) is 18.9 Å². The van der Waals surface area contributed by atoms with Crippen LogP contribution < -0.4 is 10.5 Å². The van der Waals surface area contributed by atoms with Crippen LogP contribution in [0, 0.1) is 12.3 Å². The highest BCUT2D eigenvalue weighted by atomic mass is 16.5. The lowest BCUT2D eigenvalue weighted by Crippen LogP contribution is -2.03. The van der Waals surface area contributed by atoms with Crippen molar-refractivity contribution in [2.75, 3.05) is 12.8 Å². The van der Waals surface area contributed by atoms with Crippen molar-refractivity contribution in [2.45, 2.75) is 12.5 Å². The zero-order chi connectivity index (χ0) is 10.6. The molecule has 0 saturated heterocycles. The number of anilines is 1. The number of nitrogens with two attached hydrogens (primary N) is 1. The molecule has 0 aliphatic carbocycles. The minimum absolute atomic E-state index is 0.247. The summed E-state index contributed by atoms with van der Waals surface area (Å²) in [4.78, 5) is 0. The molecule has 3 heteroatoms. The second-order valence-electron chi connectivity index (χ2n) is 2.89. The van der Waals surface area contributed by atoms with Crippen LogP contribution in [0.2, 0.25) is 0 Å². The molecule has 0 heterocycles. The Kier molecular flexibility index (Phi) is 3.38. The average Bonchev–Trinajstić information content (AvgIpc) is 2.18. The predicted octanol–water partition coefficient (Wildman–Crippen LogP) is 1.33. The third kappa shape index (κ3) is 1.98. The van der Waals surface area contributed by atoms with E-state index in [0.717, 1.165) is 0 Å². The van der Waals surface area contributed by atoms with Crippen molar-refractivity contribution >= 4 is 5.69 Å². The van der Waals surface area contributed by atoms with Gasteiger partial charge < -0.3 is 15.6 Å². The van der Waals surface area contributed by atoms with Crippen LogP contribution in [0.4, 0.5) is 5.69 Å². The van der Waals surface area contributed by atoms with Gasteiger partial charge in [0, 0.05) is 12.0 Å². The average molecular weight is 191 g/mol. The van der Waals surface area contributed by atoms with Crippen LogP contribution in [0.3, 0.4) is 0 Å². The molecule has 14 heavy (non-hydrogen) atoms. The molecular formula is C11H13NO2. The highest BCUT2D eigenvalue weighted by Crippen LogP contribution is 2.30. The van der Waals surface area contributed by atoms with Gasteiger partial charge in [0.2, 0.25) is 0 Å². The number of nitrogen functional groups attached to an aromatic ring is 1. The van der Waals surface area contributed by atoms with E-state index in [1.54, 1.807) is 18.2 Å². The molecule has 0 aromatic heterocycles. The normalized spacial score (nSPS) is 11.8. The van der Waals surface area contributed by atoms with Crippen molar-refractivity contribution in [3.05, 3.63) is 23.8 Å². The third-order valence-electron chi connectivity index (χ3n) is 1.99. The largest absolute Gasteiger partial charge is 0.495 e. The van der Waals surface area contributed by atoms with Gasteiger partial charge in [-0.05, 0) is 6.07 Å². The maximum absolute atomic E-state index is 9.64. The summed E-state index contributed by atoms with van der Waals surface area (Å²) < 4.78 is 5.03. The Labute approximate surface area is 83.5 Å². The zero-order valence-electron chi connectivity index (χ0n) is 8.03. The monoisotopic (exact) mass is 191 g/mol. The van der Waals surface area contributed by atoms with Crippen LogP contribution in [0.1, 0.15) is 18.1 Å². The molecule has 0 spiro atoms. The third-order valence-corrected chi connectivity index (χ3v) is 1.99. The lowest BCUT2D eigenvalue weighted by atomic mass is 10.0. The first kappa shape index (κ1) is 10.4. The SMILES string of the molecule is C#CCC(O)c1cccc(OC)c1N. The van der Waals surface area contributed by atoms with Crippen molar-refractivity contribution in [3.8, 4) is 18.1 Å². The molecule has 1 atom stereocenters. The smallest absolute Gasteiger partial charge is 0.142 e. The van der Waals surface area contributed by atoms with Crippen molar-refractivity contribution in [1.29, 1.82) is 0 Å². The van der Waals surface area contributed by atoms with Crippen molar-refractivity contribution in [2.24, 2.45) is 0 Å². The number of aliphatic hydroxyl groups is 1. The summed E-state index contributed by atoms with van der Waals surface area (Å²) in [5, 5.41) is 9.64. The van der Waals surface area contributed by atoms with E-state index in [2.05, 4.69) is 5.92 Å². The highest BCUT2D eigenvalue weighted by molar-refractivity contribution is 5.59. The molecule has 1 aromatic rings. The van der Waals surface area contributed by atoms with E-state index in [0.29, 0.717) is 17.0 Å². The molecule has 0 aliphatic heterocycles. The van der Waals surface area contributed by atoms with E-state index >= 15 is 0 Å². The second-order valence-corrected chi connectivity index (χ2v) is 2.89. The molecule has 0 saturated carbocycles. The topological polar surface area (TPSA) is 55.5 Å². The van der Waals surface area contributed by atoms with Gasteiger partial charge >= 0.3 is 0 Å². The van der Waals surface area contributed by atoms with Crippen molar-refractivity contribution < 1.29 is 9.84 Å². The lowest BCUT2D eigenvalue weighted by Gasteiger charge is -2.13. The predicted molar refractivity (Wildman–Crippen MR) is 55.8 cm³/mol. The molecule has 1 unspecified atom stereocenters. The van der Waals surface area contributed by atoms with Crippen LogP contribution in [0.5, 0.6) is 5.75 Å². The Balaban J connectivity index is 3.04. The summed E-state index contributed by atoms with van der Waals surface area (Å²) >= 11 is 0. The second kappa shape index (κ2) is 4.54. The molecule has 3 N–H and O–H groups in total. The van der Waals surface area contributed by atoms with Crippen LogP contribution in [0.25, 0.3) is 0 Å². The van der Waals surface area contributed by atoms with E-state index in [4.69, 9.17) is 16.9 Å². The van der Waals surface area contributed by atoms with Crippen molar-refractivity contribution in [1.82, 2.24) is 0 Å². The Morgan fingerprint density at radius 2 is 2.36 bits per heavy atom. The standard InChI is InChI=1S/C11H13NO2/c1-3-5-9(13)8-6-4-7-10(14-2)11(8)12/h1,4,6-7,9,13H,5,12H2,2H3. The first-order valence-electron chi connectivity index (χ1n) is 4.24. The number of ether oxygens (including phenoxy) is 1. The number of benzene rings is 1. The van der Waals surface area contributed by atoms with Crippen LogP contribution >= 0.6 is 0 Å². The molecule has 1 aromatic carbocycles. The zero-order valence-corrected chi connectivity index (χ0v) is 8.03. The van der Waals surface area contributed by atoms with Gasteiger partial charge in [-0.2, -0.15) is 0 Å². The summed E-state index contributed by atoms with van der Waals surface area (Å²) in [5.74, 6) is 2.94. The maximum Gasteiger partial charge on any atom is 0.142 e. The Morgan fingerprint density at radius 3 is 2.93 bits per heavy atom. The first-order chi connectivity index (χ1) is 6.70. The maximum atomic E-state index is 9.64. The molecule has 74 valence electrons. The molecule has 0 amide bonds.